The van der Waals surface area contributed by atoms with Crippen molar-refractivity contribution in [1.82, 2.24) is 10.5 Å². The monoisotopic (exact) mass is 375 g/mol. The van der Waals surface area contributed by atoms with Crippen LogP contribution in [0.3, 0.4) is 0 Å². The van der Waals surface area contributed by atoms with E-state index >= 15 is 0 Å². The maximum atomic E-state index is 13.8. The van der Waals surface area contributed by atoms with Gasteiger partial charge in [0.1, 0.15) is 5.56 Å². The molecule has 2 aromatic rings. The molecule has 1 aromatic heterocycles. The molecular formula is C20H26FN3O3. The molecule has 1 aliphatic rings. The molecule has 0 saturated heterocycles. The fourth-order valence-electron chi connectivity index (χ4n) is 3.64. The number of rotatable bonds is 6. The van der Waals surface area contributed by atoms with Crippen molar-refractivity contribution in [2.75, 3.05) is 26.1 Å². The number of nitrogens with one attached hydrogen (secondary N) is 1. The molecule has 1 heterocycles. The van der Waals surface area contributed by atoms with Crippen molar-refractivity contribution < 1.29 is 18.4 Å². The summed E-state index contributed by atoms with van der Waals surface area (Å²) in [5.74, 6) is 0.594. The lowest BCUT2D eigenvalue weighted by Gasteiger charge is -2.21. The molecule has 1 N–H and O–H groups in total. The minimum atomic E-state index is -0.477. The molecule has 7 heteroatoms. The standard InChI is InChI=1S/C20H26FN3O3/c1-12(13-7-5-6-8-13)22-20(25)17-18(27-23-19(17)24(2)3)14-9-10-15(21)16(11-14)26-4/h9-13H,5-8H2,1-4H3,(H,22,25). The highest BCUT2D eigenvalue weighted by Gasteiger charge is 2.29. The zero-order valence-corrected chi connectivity index (χ0v) is 16.2. The van der Waals surface area contributed by atoms with Gasteiger partial charge in [-0.05, 0) is 43.9 Å². The number of halogens is 1. The molecule has 27 heavy (non-hydrogen) atoms. The number of nitrogens with zero attached hydrogens (tertiary/aromatic N) is 2. The first-order valence-corrected chi connectivity index (χ1v) is 9.24. The second-order valence-electron chi connectivity index (χ2n) is 7.26. The zero-order valence-electron chi connectivity index (χ0n) is 16.2. The van der Waals surface area contributed by atoms with Gasteiger partial charge < -0.3 is 19.5 Å². The van der Waals surface area contributed by atoms with E-state index in [9.17, 15) is 9.18 Å². The molecule has 6 nitrogen and oxygen atoms in total. The van der Waals surface area contributed by atoms with Crippen molar-refractivity contribution >= 4 is 11.7 Å². The molecule has 3 rings (SSSR count). The number of ether oxygens (including phenoxy) is 1. The van der Waals surface area contributed by atoms with Crippen molar-refractivity contribution in [3.63, 3.8) is 0 Å². The van der Waals surface area contributed by atoms with Gasteiger partial charge in [0.05, 0.1) is 7.11 Å². The predicted octanol–water partition coefficient (Wildman–Crippen LogP) is 3.86. The van der Waals surface area contributed by atoms with Crippen LogP contribution in [-0.4, -0.2) is 38.3 Å². The highest BCUT2D eigenvalue weighted by atomic mass is 19.1. The maximum absolute atomic E-state index is 13.8. The van der Waals surface area contributed by atoms with Gasteiger partial charge in [-0.1, -0.05) is 18.0 Å². The summed E-state index contributed by atoms with van der Waals surface area (Å²) in [6.07, 6.45) is 4.69. The van der Waals surface area contributed by atoms with Crippen molar-refractivity contribution in [1.29, 1.82) is 0 Å². The maximum Gasteiger partial charge on any atom is 0.259 e. The molecular weight excluding hydrogens is 349 g/mol. The Morgan fingerprint density at radius 1 is 1.37 bits per heavy atom. The third-order valence-corrected chi connectivity index (χ3v) is 5.20. The topological polar surface area (TPSA) is 67.6 Å². The minimum absolute atomic E-state index is 0.0699. The fraction of sp³-hybridized carbons (Fsp3) is 0.500. The molecule has 1 unspecified atom stereocenters. The number of carbonyl (C=O) groups is 1. The number of hydrogen-bond donors (Lipinski definition) is 1. The smallest absolute Gasteiger partial charge is 0.259 e. The molecule has 1 aliphatic carbocycles. The van der Waals surface area contributed by atoms with E-state index in [0.717, 1.165) is 12.8 Å². The largest absolute Gasteiger partial charge is 0.494 e. The third kappa shape index (κ3) is 3.91. The van der Waals surface area contributed by atoms with Crippen LogP contribution in [0.15, 0.2) is 22.7 Å². The Labute approximate surface area is 158 Å². The van der Waals surface area contributed by atoms with Crippen molar-refractivity contribution in [3.8, 4) is 17.1 Å². The molecule has 146 valence electrons. The summed E-state index contributed by atoms with van der Waals surface area (Å²) in [5, 5.41) is 7.15. The molecule has 1 amide bonds. The Bertz CT molecular complexity index is 813. The van der Waals surface area contributed by atoms with Crippen LogP contribution in [0.1, 0.15) is 43.0 Å². The van der Waals surface area contributed by atoms with E-state index < -0.39 is 5.82 Å². The van der Waals surface area contributed by atoms with E-state index in [-0.39, 0.29) is 17.7 Å². The molecule has 0 radical (unpaired) electrons. The number of anilines is 1. The molecule has 1 fully saturated rings. The van der Waals surface area contributed by atoms with Gasteiger partial charge in [0.15, 0.2) is 23.1 Å². The van der Waals surface area contributed by atoms with Gasteiger partial charge in [0.2, 0.25) is 0 Å². The number of hydrogen-bond acceptors (Lipinski definition) is 5. The van der Waals surface area contributed by atoms with Crippen LogP contribution >= 0.6 is 0 Å². The highest BCUT2D eigenvalue weighted by Crippen LogP contribution is 2.34. The molecule has 1 saturated carbocycles. The van der Waals surface area contributed by atoms with E-state index in [0.29, 0.717) is 28.6 Å². The number of amides is 1. The van der Waals surface area contributed by atoms with Gasteiger partial charge in [-0.3, -0.25) is 4.79 Å². The summed E-state index contributed by atoms with van der Waals surface area (Å²) < 4.78 is 24.3. The van der Waals surface area contributed by atoms with E-state index in [1.807, 2.05) is 6.92 Å². The van der Waals surface area contributed by atoms with Gasteiger partial charge >= 0.3 is 0 Å². The summed E-state index contributed by atoms with van der Waals surface area (Å²) in [7, 11) is 4.98. The van der Waals surface area contributed by atoms with E-state index in [2.05, 4.69) is 10.5 Å². The Morgan fingerprint density at radius 3 is 2.70 bits per heavy atom. The summed E-state index contributed by atoms with van der Waals surface area (Å²) in [5.41, 5.74) is 0.881. The van der Waals surface area contributed by atoms with Crippen LogP contribution in [0.25, 0.3) is 11.3 Å². The summed E-state index contributed by atoms with van der Waals surface area (Å²) in [6.45, 7) is 2.04. The second kappa shape index (κ2) is 7.98. The van der Waals surface area contributed by atoms with Gasteiger partial charge in [-0.25, -0.2) is 4.39 Å². The molecule has 0 aliphatic heterocycles. The normalized spacial score (nSPS) is 15.6. The van der Waals surface area contributed by atoms with E-state index in [1.54, 1.807) is 25.1 Å². The molecule has 1 aromatic carbocycles. The van der Waals surface area contributed by atoms with E-state index in [4.69, 9.17) is 9.26 Å². The van der Waals surface area contributed by atoms with Crippen molar-refractivity contribution in [2.45, 2.75) is 38.6 Å². The van der Waals surface area contributed by atoms with Crippen LogP contribution in [-0.2, 0) is 0 Å². The third-order valence-electron chi connectivity index (χ3n) is 5.20. The van der Waals surface area contributed by atoms with Gasteiger partial charge in [0.25, 0.3) is 5.91 Å². The average Bonchev–Trinajstić information content (AvgIpc) is 3.32. The van der Waals surface area contributed by atoms with Gasteiger partial charge in [-0.15, -0.1) is 0 Å². The average molecular weight is 375 g/mol. The van der Waals surface area contributed by atoms with Gasteiger partial charge in [0, 0.05) is 25.7 Å². The molecule has 0 spiro atoms. The van der Waals surface area contributed by atoms with E-state index in [1.165, 1.54) is 32.1 Å². The summed E-state index contributed by atoms with van der Waals surface area (Å²) >= 11 is 0. The Kier molecular flexibility index (Phi) is 5.68. The number of aromatic nitrogens is 1. The Hall–Kier alpha value is -2.57. The Balaban J connectivity index is 1.95. The minimum Gasteiger partial charge on any atom is -0.494 e. The quantitative estimate of drug-likeness (QED) is 0.830. The Morgan fingerprint density at radius 2 is 2.07 bits per heavy atom. The highest BCUT2D eigenvalue weighted by molar-refractivity contribution is 6.04. The fourth-order valence-corrected chi connectivity index (χ4v) is 3.64. The first kappa shape index (κ1) is 19.2. The number of methoxy groups -OCH3 is 1. The van der Waals surface area contributed by atoms with Crippen molar-refractivity contribution in [2.24, 2.45) is 5.92 Å². The SMILES string of the molecule is COc1cc(-c2onc(N(C)C)c2C(=O)NC(C)C2CCCC2)ccc1F. The summed E-state index contributed by atoms with van der Waals surface area (Å²) in [6, 6.07) is 4.41. The van der Waals surface area contributed by atoms with Crippen LogP contribution in [0, 0.1) is 11.7 Å². The van der Waals surface area contributed by atoms with Crippen LogP contribution in [0.4, 0.5) is 10.2 Å². The van der Waals surface area contributed by atoms with Crippen molar-refractivity contribution in [3.05, 3.63) is 29.6 Å². The molecule has 1 atom stereocenters. The zero-order chi connectivity index (χ0) is 19.6. The molecule has 0 bridgehead atoms. The lowest BCUT2D eigenvalue weighted by molar-refractivity contribution is 0.0928. The van der Waals surface area contributed by atoms with Crippen LogP contribution in [0.2, 0.25) is 0 Å². The second-order valence-corrected chi connectivity index (χ2v) is 7.26. The van der Waals surface area contributed by atoms with Gasteiger partial charge in [-0.2, -0.15) is 0 Å². The summed E-state index contributed by atoms with van der Waals surface area (Å²) in [4.78, 5) is 14.8. The predicted molar refractivity (Wildman–Crippen MR) is 102 cm³/mol. The van der Waals surface area contributed by atoms with Crippen LogP contribution < -0.4 is 15.0 Å². The lowest BCUT2D eigenvalue weighted by atomic mass is 9.99. The number of carbonyl (C=O) groups excluding carboxylic acids is 1. The van der Waals surface area contributed by atoms with Crippen LogP contribution in [0.5, 0.6) is 5.75 Å². The first-order chi connectivity index (χ1) is 12.9. The number of benzene rings is 1. The lowest BCUT2D eigenvalue weighted by Crippen LogP contribution is -2.37. The first-order valence-electron chi connectivity index (χ1n) is 9.24.